The Labute approximate surface area is 180 Å². The molecule has 2 fully saturated rings. The summed E-state index contributed by atoms with van der Waals surface area (Å²) in [6, 6.07) is 9.22. The second-order valence-electron chi connectivity index (χ2n) is 9.30. The number of H-pyrrole nitrogens is 1. The molecule has 0 spiro atoms. The third-order valence-corrected chi connectivity index (χ3v) is 6.66. The predicted octanol–water partition coefficient (Wildman–Crippen LogP) is 3.59. The minimum atomic E-state index is 0.0955. The zero-order valence-corrected chi connectivity index (χ0v) is 18.9. The Hall–Kier alpha value is -2.05. The maximum absolute atomic E-state index is 13.0. The smallest absolute Gasteiger partial charge is 0.270 e. The molecule has 164 valence electrons. The first-order valence-electron chi connectivity index (χ1n) is 11.5. The van der Waals surface area contributed by atoms with Gasteiger partial charge in [0.25, 0.3) is 5.91 Å². The van der Waals surface area contributed by atoms with Crippen LogP contribution in [0.5, 0.6) is 5.75 Å². The lowest BCUT2D eigenvalue weighted by atomic mass is 10.1. The molecule has 6 heteroatoms. The van der Waals surface area contributed by atoms with Gasteiger partial charge in [0.2, 0.25) is 0 Å². The standard InChI is InChI=1S/C24H36N4O2/c1-17(2)26-9-7-20(8-10-26)30-21-5-6-22-19(15-21)16-23(25-22)24(29)28-13-11-27(12-14-28)18(3)4/h5-6,15-18,20,25H,7-14H2,1-4H3. The van der Waals surface area contributed by atoms with Gasteiger partial charge in [0, 0.05) is 62.3 Å². The first kappa shape index (κ1) is 21.2. The highest BCUT2D eigenvalue weighted by atomic mass is 16.5. The van der Waals surface area contributed by atoms with Gasteiger partial charge in [-0.05, 0) is 64.8 Å². The van der Waals surface area contributed by atoms with E-state index >= 15 is 0 Å². The van der Waals surface area contributed by atoms with Crippen LogP contribution in [0.1, 0.15) is 51.0 Å². The van der Waals surface area contributed by atoms with E-state index < -0.39 is 0 Å². The molecule has 0 aliphatic carbocycles. The van der Waals surface area contributed by atoms with Crippen LogP contribution < -0.4 is 4.74 Å². The average Bonchev–Trinajstić information content (AvgIpc) is 3.17. The van der Waals surface area contributed by atoms with Crippen LogP contribution in [0.3, 0.4) is 0 Å². The zero-order chi connectivity index (χ0) is 21.3. The van der Waals surface area contributed by atoms with Crippen molar-refractivity contribution in [2.24, 2.45) is 0 Å². The van der Waals surface area contributed by atoms with Crippen molar-refractivity contribution < 1.29 is 9.53 Å². The molecule has 30 heavy (non-hydrogen) atoms. The summed E-state index contributed by atoms with van der Waals surface area (Å²) < 4.78 is 6.27. The minimum Gasteiger partial charge on any atom is -0.490 e. The minimum absolute atomic E-state index is 0.0955. The molecule has 2 aliphatic heterocycles. The highest BCUT2D eigenvalue weighted by molar-refractivity contribution is 5.98. The fourth-order valence-electron chi connectivity index (χ4n) is 4.61. The van der Waals surface area contributed by atoms with E-state index in [0.717, 1.165) is 68.8 Å². The molecule has 2 aliphatic rings. The second kappa shape index (κ2) is 8.98. The number of hydrogen-bond donors (Lipinski definition) is 1. The molecule has 0 saturated carbocycles. The number of benzene rings is 1. The monoisotopic (exact) mass is 412 g/mol. The number of rotatable bonds is 5. The van der Waals surface area contributed by atoms with Crippen LogP contribution in [0.2, 0.25) is 0 Å². The molecule has 1 aromatic heterocycles. The largest absolute Gasteiger partial charge is 0.490 e. The molecule has 0 bridgehead atoms. The highest BCUT2D eigenvalue weighted by Crippen LogP contribution is 2.26. The van der Waals surface area contributed by atoms with Crippen LogP contribution >= 0.6 is 0 Å². The average molecular weight is 413 g/mol. The van der Waals surface area contributed by atoms with Gasteiger partial charge in [0.05, 0.1) is 0 Å². The van der Waals surface area contributed by atoms with E-state index in [2.05, 4.69) is 48.5 Å². The summed E-state index contributed by atoms with van der Waals surface area (Å²) in [5.74, 6) is 0.993. The summed E-state index contributed by atoms with van der Waals surface area (Å²) in [6.07, 6.45) is 2.40. The quantitative estimate of drug-likeness (QED) is 0.816. The molecule has 1 aromatic carbocycles. The van der Waals surface area contributed by atoms with Crippen molar-refractivity contribution in [1.82, 2.24) is 19.7 Å². The third kappa shape index (κ3) is 4.65. The first-order chi connectivity index (χ1) is 14.4. The van der Waals surface area contributed by atoms with Crippen molar-refractivity contribution in [2.75, 3.05) is 39.3 Å². The Morgan fingerprint density at radius 2 is 1.57 bits per heavy atom. The summed E-state index contributed by atoms with van der Waals surface area (Å²) in [5.41, 5.74) is 1.66. The van der Waals surface area contributed by atoms with Crippen LogP contribution in [0.25, 0.3) is 10.9 Å². The van der Waals surface area contributed by atoms with E-state index in [-0.39, 0.29) is 12.0 Å². The predicted molar refractivity (Wildman–Crippen MR) is 121 cm³/mol. The maximum atomic E-state index is 13.0. The molecule has 0 atom stereocenters. The number of aromatic amines is 1. The van der Waals surface area contributed by atoms with Crippen LogP contribution in [0.4, 0.5) is 0 Å². The Kier molecular flexibility index (Phi) is 6.34. The molecule has 6 nitrogen and oxygen atoms in total. The number of fused-ring (bicyclic) bond motifs is 1. The van der Waals surface area contributed by atoms with Gasteiger partial charge < -0.3 is 19.5 Å². The summed E-state index contributed by atoms with van der Waals surface area (Å²) in [6.45, 7) is 14.6. The van der Waals surface area contributed by atoms with E-state index in [4.69, 9.17) is 4.74 Å². The molecule has 0 unspecified atom stereocenters. The van der Waals surface area contributed by atoms with Gasteiger partial charge in [-0.15, -0.1) is 0 Å². The van der Waals surface area contributed by atoms with Crippen molar-refractivity contribution in [1.29, 1.82) is 0 Å². The van der Waals surface area contributed by atoms with Crippen LogP contribution in [0, 0.1) is 0 Å². The van der Waals surface area contributed by atoms with Crippen molar-refractivity contribution in [3.8, 4) is 5.75 Å². The number of likely N-dealkylation sites (tertiary alicyclic amines) is 1. The molecule has 4 rings (SSSR count). The van der Waals surface area contributed by atoms with Gasteiger partial charge in [0.15, 0.2) is 0 Å². The molecule has 1 amide bonds. The van der Waals surface area contributed by atoms with E-state index in [1.807, 2.05) is 23.1 Å². The fourth-order valence-corrected chi connectivity index (χ4v) is 4.61. The summed E-state index contributed by atoms with van der Waals surface area (Å²) in [4.78, 5) is 23.2. The number of piperidine rings is 1. The van der Waals surface area contributed by atoms with Gasteiger partial charge in [0.1, 0.15) is 17.5 Å². The van der Waals surface area contributed by atoms with Crippen molar-refractivity contribution in [3.63, 3.8) is 0 Å². The molecule has 1 N–H and O–H groups in total. The van der Waals surface area contributed by atoms with E-state index in [1.54, 1.807) is 0 Å². The number of nitrogens with one attached hydrogen (secondary N) is 1. The number of carbonyl (C=O) groups excluding carboxylic acids is 1. The molecular formula is C24H36N4O2. The van der Waals surface area contributed by atoms with Gasteiger partial charge >= 0.3 is 0 Å². The highest BCUT2D eigenvalue weighted by Gasteiger charge is 2.25. The molecule has 2 aromatic rings. The van der Waals surface area contributed by atoms with Crippen molar-refractivity contribution >= 4 is 16.8 Å². The molecule has 0 radical (unpaired) electrons. The number of piperazine rings is 1. The summed E-state index contributed by atoms with van der Waals surface area (Å²) >= 11 is 0. The lowest BCUT2D eigenvalue weighted by Crippen LogP contribution is -2.50. The Bertz CT molecular complexity index is 859. The maximum Gasteiger partial charge on any atom is 0.270 e. The SMILES string of the molecule is CC(C)N1CCC(Oc2ccc3[nH]c(C(=O)N4CCN(C(C)C)CC4)cc3c2)CC1. The Morgan fingerprint density at radius 1 is 0.933 bits per heavy atom. The van der Waals surface area contributed by atoms with E-state index in [1.165, 1.54) is 0 Å². The Balaban J connectivity index is 1.39. The van der Waals surface area contributed by atoms with Gasteiger partial charge in [-0.1, -0.05) is 0 Å². The van der Waals surface area contributed by atoms with E-state index in [0.29, 0.717) is 17.8 Å². The lowest BCUT2D eigenvalue weighted by Gasteiger charge is -2.36. The second-order valence-corrected chi connectivity index (χ2v) is 9.30. The topological polar surface area (TPSA) is 51.8 Å². The van der Waals surface area contributed by atoms with E-state index in [9.17, 15) is 4.79 Å². The van der Waals surface area contributed by atoms with Crippen molar-refractivity contribution in [3.05, 3.63) is 30.0 Å². The zero-order valence-electron chi connectivity index (χ0n) is 18.9. The molecule has 2 saturated heterocycles. The van der Waals surface area contributed by atoms with Crippen LogP contribution in [0.15, 0.2) is 24.3 Å². The number of hydrogen-bond acceptors (Lipinski definition) is 4. The summed E-state index contributed by atoms with van der Waals surface area (Å²) in [7, 11) is 0. The number of carbonyl (C=O) groups is 1. The number of amides is 1. The van der Waals surface area contributed by atoms with Crippen LogP contribution in [-0.4, -0.2) is 83.0 Å². The lowest BCUT2D eigenvalue weighted by molar-refractivity contribution is 0.0591. The van der Waals surface area contributed by atoms with Crippen molar-refractivity contribution in [2.45, 2.75) is 58.7 Å². The normalized spacial score (nSPS) is 19.9. The van der Waals surface area contributed by atoms with Gasteiger partial charge in [-0.25, -0.2) is 0 Å². The van der Waals surface area contributed by atoms with Gasteiger partial charge in [-0.2, -0.15) is 0 Å². The third-order valence-electron chi connectivity index (χ3n) is 6.66. The number of ether oxygens (including phenoxy) is 1. The fraction of sp³-hybridized carbons (Fsp3) is 0.625. The first-order valence-corrected chi connectivity index (χ1v) is 11.5. The van der Waals surface area contributed by atoms with Crippen LogP contribution in [-0.2, 0) is 0 Å². The molecule has 3 heterocycles. The molecular weight excluding hydrogens is 376 g/mol. The Morgan fingerprint density at radius 3 is 2.20 bits per heavy atom. The number of aromatic nitrogens is 1. The number of nitrogens with zero attached hydrogens (tertiary/aromatic N) is 3. The summed E-state index contributed by atoms with van der Waals surface area (Å²) in [5, 5.41) is 1.04. The van der Waals surface area contributed by atoms with Gasteiger partial charge in [-0.3, -0.25) is 9.69 Å².